The molecule has 0 N–H and O–H groups in total. The van der Waals surface area contributed by atoms with Gasteiger partial charge < -0.3 is 23.7 Å². The standard InChI is InChI=1S/C13H20O6/c1-6-7(14)13-9(16-12(4,5)19-13)8-10(18-13)17-11(2,3)15-8/h8-10H,6H2,1-5H3/t8-,9+,10-,13+/m1/s1. The maximum absolute atomic E-state index is 12.3. The molecular formula is C13H20O6. The van der Waals surface area contributed by atoms with E-state index in [-0.39, 0.29) is 5.78 Å². The molecule has 0 aromatic heterocycles. The second kappa shape index (κ2) is 3.77. The van der Waals surface area contributed by atoms with Crippen molar-refractivity contribution in [3.05, 3.63) is 0 Å². The van der Waals surface area contributed by atoms with Crippen molar-refractivity contribution in [3.63, 3.8) is 0 Å². The summed E-state index contributed by atoms with van der Waals surface area (Å²) in [5.74, 6) is -3.17. The van der Waals surface area contributed by atoms with Crippen molar-refractivity contribution in [3.8, 4) is 0 Å². The monoisotopic (exact) mass is 272 g/mol. The Morgan fingerprint density at radius 1 is 1.00 bits per heavy atom. The molecule has 3 aliphatic rings. The number of ether oxygens (including phenoxy) is 5. The highest BCUT2D eigenvalue weighted by atomic mass is 16.9. The third-order valence-corrected chi connectivity index (χ3v) is 3.57. The van der Waals surface area contributed by atoms with Gasteiger partial charge in [-0.1, -0.05) is 6.92 Å². The van der Waals surface area contributed by atoms with E-state index in [4.69, 9.17) is 23.7 Å². The van der Waals surface area contributed by atoms with Gasteiger partial charge >= 0.3 is 0 Å². The van der Waals surface area contributed by atoms with Crippen LogP contribution >= 0.6 is 0 Å². The van der Waals surface area contributed by atoms with Crippen molar-refractivity contribution in [2.24, 2.45) is 0 Å². The highest BCUT2D eigenvalue weighted by Gasteiger charge is 2.71. The maximum Gasteiger partial charge on any atom is 0.263 e. The van der Waals surface area contributed by atoms with Crippen molar-refractivity contribution >= 4 is 5.78 Å². The van der Waals surface area contributed by atoms with Crippen LogP contribution in [0.4, 0.5) is 0 Å². The van der Waals surface area contributed by atoms with Crippen LogP contribution in [0.25, 0.3) is 0 Å². The second-order valence-electron chi connectivity index (χ2n) is 6.07. The zero-order valence-corrected chi connectivity index (χ0v) is 11.9. The fourth-order valence-electron chi connectivity index (χ4n) is 2.96. The summed E-state index contributed by atoms with van der Waals surface area (Å²) < 4.78 is 28.8. The number of hydrogen-bond donors (Lipinski definition) is 0. The Morgan fingerprint density at radius 2 is 1.68 bits per heavy atom. The lowest BCUT2D eigenvalue weighted by Crippen LogP contribution is -2.49. The van der Waals surface area contributed by atoms with Crippen molar-refractivity contribution in [1.82, 2.24) is 0 Å². The fourth-order valence-corrected chi connectivity index (χ4v) is 2.96. The molecule has 3 aliphatic heterocycles. The number of carbonyl (C=O) groups is 1. The van der Waals surface area contributed by atoms with Crippen LogP contribution < -0.4 is 0 Å². The van der Waals surface area contributed by atoms with Gasteiger partial charge in [-0.15, -0.1) is 0 Å². The first-order valence-corrected chi connectivity index (χ1v) is 6.64. The van der Waals surface area contributed by atoms with E-state index in [1.807, 2.05) is 0 Å². The van der Waals surface area contributed by atoms with E-state index in [0.29, 0.717) is 6.42 Å². The summed E-state index contributed by atoms with van der Waals surface area (Å²) in [6, 6.07) is 0. The van der Waals surface area contributed by atoms with Gasteiger partial charge in [-0.25, -0.2) is 0 Å². The topological polar surface area (TPSA) is 63.2 Å². The minimum Gasteiger partial charge on any atom is -0.339 e. The molecule has 6 nitrogen and oxygen atoms in total. The second-order valence-corrected chi connectivity index (χ2v) is 6.07. The lowest BCUT2D eigenvalue weighted by Gasteiger charge is -2.28. The van der Waals surface area contributed by atoms with E-state index >= 15 is 0 Å². The normalized spacial score (nSPS) is 46.1. The van der Waals surface area contributed by atoms with Crippen LogP contribution in [0.5, 0.6) is 0 Å². The summed E-state index contributed by atoms with van der Waals surface area (Å²) >= 11 is 0. The van der Waals surface area contributed by atoms with Crippen LogP contribution in [0.3, 0.4) is 0 Å². The fraction of sp³-hybridized carbons (Fsp3) is 0.923. The molecule has 3 heterocycles. The SMILES string of the molecule is CCC(=O)[C@@]12O[C@H]3OC(C)(C)O[C@@H]3[C@@H]1OC(C)(C)O2. The first-order valence-electron chi connectivity index (χ1n) is 6.64. The molecule has 0 amide bonds. The summed E-state index contributed by atoms with van der Waals surface area (Å²) in [6.07, 6.45) is -1.38. The zero-order valence-electron chi connectivity index (χ0n) is 11.9. The molecule has 0 spiro atoms. The van der Waals surface area contributed by atoms with E-state index in [9.17, 15) is 4.79 Å². The van der Waals surface area contributed by atoms with E-state index < -0.39 is 35.9 Å². The van der Waals surface area contributed by atoms with Crippen molar-refractivity contribution in [2.45, 2.75) is 76.9 Å². The largest absolute Gasteiger partial charge is 0.339 e. The van der Waals surface area contributed by atoms with Gasteiger partial charge in [-0.3, -0.25) is 4.79 Å². The number of ketones is 1. The van der Waals surface area contributed by atoms with E-state index in [1.165, 1.54) is 0 Å². The van der Waals surface area contributed by atoms with E-state index in [2.05, 4.69) is 0 Å². The van der Waals surface area contributed by atoms with Gasteiger partial charge in [-0.05, 0) is 27.7 Å². The van der Waals surface area contributed by atoms with Crippen LogP contribution in [-0.4, -0.2) is 41.6 Å². The predicted octanol–water partition coefficient (Wildman–Crippen LogP) is 1.32. The van der Waals surface area contributed by atoms with E-state index in [1.54, 1.807) is 34.6 Å². The molecule has 0 bridgehead atoms. The Bertz CT molecular complexity index is 417. The highest BCUT2D eigenvalue weighted by molar-refractivity contribution is 5.87. The molecule has 0 aromatic carbocycles. The number of fused-ring (bicyclic) bond motifs is 3. The van der Waals surface area contributed by atoms with E-state index in [0.717, 1.165) is 0 Å². The minimum absolute atomic E-state index is 0.150. The quantitative estimate of drug-likeness (QED) is 0.755. The third kappa shape index (κ3) is 1.86. The van der Waals surface area contributed by atoms with Gasteiger partial charge in [0.1, 0.15) is 6.10 Å². The molecule has 4 atom stereocenters. The molecule has 0 aliphatic carbocycles. The molecule has 0 aromatic rings. The average molecular weight is 272 g/mol. The predicted molar refractivity (Wildman–Crippen MR) is 63.0 cm³/mol. The maximum atomic E-state index is 12.3. The molecule has 3 saturated heterocycles. The Balaban J connectivity index is 1.94. The van der Waals surface area contributed by atoms with Gasteiger partial charge in [0.05, 0.1) is 0 Å². The zero-order chi connectivity index (χ0) is 14.1. The number of carbonyl (C=O) groups excluding carboxylic acids is 1. The van der Waals surface area contributed by atoms with Crippen LogP contribution in [0.2, 0.25) is 0 Å². The molecule has 108 valence electrons. The molecule has 3 fully saturated rings. The minimum atomic E-state index is -1.40. The molecule has 6 heteroatoms. The lowest BCUT2D eigenvalue weighted by atomic mass is 10.0. The van der Waals surface area contributed by atoms with Gasteiger partial charge in [-0.2, -0.15) is 0 Å². The first kappa shape index (κ1) is 13.5. The van der Waals surface area contributed by atoms with Crippen molar-refractivity contribution in [1.29, 1.82) is 0 Å². The summed E-state index contributed by atoms with van der Waals surface area (Å²) in [5.41, 5.74) is 0. The Kier molecular flexibility index (Phi) is 2.67. The summed E-state index contributed by atoms with van der Waals surface area (Å²) in [4.78, 5) is 12.3. The Hall–Kier alpha value is -0.530. The van der Waals surface area contributed by atoms with Crippen LogP contribution in [-0.2, 0) is 28.5 Å². The van der Waals surface area contributed by atoms with Gasteiger partial charge in [0.15, 0.2) is 29.8 Å². The smallest absolute Gasteiger partial charge is 0.263 e. The average Bonchev–Trinajstić information content (AvgIpc) is 2.79. The molecule has 0 radical (unpaired) electrons. The van der Waals surface area contributed by atoms with Crippen LogP contribution in [0, 0.1) is 0 Å². The number of Topliss-reactive ketones (excluding diaryl/α,β-unsaturated/α-hetero) is 1. The highest BCUT2D eigenvalue weighted by Crippen LogP contribution is 2.51. The summed E-state index contributed by atoms with van der Waals surface area (Å²) in [5, 5.41) is 0. The Morgan fingerprint density at radius 3 is 2.32 bits per heavy atom. The molecule has 19 heavy (non-hydrogen) atoms. The molecule has 3 rings (SSSR count). The third-order valence-electron chi connectivity index (χ3n) is 3.57. The van der Waals surface area contributed by atoms with Crippen molar-refractivity contribution in [2.75, 3.05) is 0 Å². The van der Waals surface area contributed by atoms with Crippen LogP contribution in [0.15, 0.2) is 0 Å². The first-order chi connectivity index (χ1) is 8.69. The number of hydrogen-bond acceptors (Lipinski definition) is 6. The van der Waals surface area contributed by atoms with Gasteiger partial charge in [0.2, 0.25) is 0 Å². The summed E-state index contributed by atoms with van der Waals surface area (Å²) in [6.45, 7) is 8.90. The van der Waals surface area contributed by atoms with Gasteiger partial charge in [0, 0.05) is 6.42 Å². The molecule has 0 saturated carbocycles. The van der Waals surface area contributed by atoms with Crippen molar-refractivity contribution < 1.29 is 28.5 Å². The molecule has 0 unspecified atom stereocenters. The van der Waals surface area contributed by atoms with Crippen LogP contribution in [0.1, 0.15) is 41.0 Å². The molecular weight excluding hydrogens is 252 g/mol. The van der Waals surface area contributed by atoms with Gasteiger partial charge in [0.25, 0.3) is 5.79 Å². The number of rotatable bonds is 2. The Labute approximate surface area is 112 Å². The summed E-state index contributed by atoms with van der Waals surface area (Å²) in [7, 11) is 0. The lowest BCUT2D eigenvalue weighted by molar-refractivity contribution is -0.291.